The molecular formula is C11H18ClN3O. The van der Waals surface area contributed by atoms with Crippen molar-refractivity contribution in [2.75, 3.05) is 18.5 Å². The number of anilines is 1. The van der Waals surface area contributed by atoms with Crippen molar-refractivity contribution in [3.05, 3.63) is 17.5 Å². The average molecular weight is 244 g/mol. The topological polar surface area (TPSA) is 58.0 Å². The smallest absolute Gasteiger partial charge is 0.224 e. The Bertz CT molecular complexity index is 303. The highest BCUT2D eigenvalue weighted by atomic mass is 35.5. The Morgan fingerprint density at radius 2 is 2.31 bits per heavy atom. The first kappa shape index (κ1) is 13.2. The van der Waals surface area contributed by atoms with Crippen LogP contribution in [0.25, 0.3) is 0 Å². The molecular weight excluding hydrogens is 226 g/mol. The van der Waals surface area contributed by atoms with E-state index in [1.807, 2.05) is 0 Å². The molecule has 0 aliphatic rings. The van der Waals surface area contributed by atoms with E-state index < -0.39 is 0 Å². The summed E-state index contributed by atoms with van der Waals surface area (Å²) in [5.41, 5.74) is 0. The fourth-order valence-corrected chi connectivity index (χ4v) is 1.77. The Morgan fingerprint density at radius 3 is 2.94 bits per heavy atom. The van der Waals surface area contributed by atoms with Crippen LogP contribution in [0.1, 0.15) is 26.2 Å². The number of aliphatic hydroxyl groups excluding tert-OH is 1. The van der Waals surface area contributed by atoms with E-state index in [9.17, 15) is 0 Å². The van der Waals surface area contributed by atoms with Crippen LogP contribution in [0.2, 0.25) is 5.28 Å². The number of rotatable bonds is 7. The molecule has 0 amide bonds. The standard InChI is InChI=1S/C11H18ClN3O/c1-2-3-9(5-7-16)8-14-10-4-6-13-11(12)15-10/h4,6,9,16H,2-3,5,7-8H2,1H3,(H,13,14,15). The minimum atomic E-state index is 0.233. The predicted octanol–water partition coefficient (Wildman–Crippen LogP) is 2.34. The zero-order valence-electron chi connectivity index (χ0n) is 9.49. The molecule has 5 heteroatoms. The van der Waals surface area contributed by atoms with Gasteiger partial charge in [-0.25, -0.2) is 9.97 Å². The molecule has 0 fully saturated rings. The molecule has 0 spiro atoms. The largest absolute Gasteiger partial charge is 0.396 e. The summed E-state index contributed by atoms with van der Waals surface area (Å²) in [5.74, 6) is 1.21. The monoisotopic (exact) mass is 243 g/mol. The van der Waals surface area contributed by atoms with E-state index >= 15 is 0 Å². The third-order valence-electron chi connectivity index (χ3n) is 2.43. The minimum Gasteiger partial charge on any atom is -0.396 e. The van der Waals surface area contributed by atoms with E-state index in [0.717, 1.165) is 31.6 Å². The number of nitrogens with zero attached hydrogens (tertiary/aromatic N) is 2. The maximum atomic E-state index is 8.93. The normalized spacial score (nSPS) is 12.4. The van der Waals surface area contributed by atoms with E-state index in [4.69, 9.17) is 16.7 Å². The summed E-state index contributed by atoms with van der Waals surface area (Å²) in [7, 11) is 0. The van der Waals surface area contributed by atoms with Gasteiger partial charge in [0.1, 0.15) is 5.82 Å². The number of nitrogens with one attached hydrogen (secondary N) is 1. The maximum Gasteiger partial charge on any atom is 0.224 e. The quantitative estimate of drug-likeness (QED) is 0.722. The summed E-state index contributed by atoms with van der Waals surface area (Å²) in [6.07, 6.45) is 4.67. The number of hydrogen-bond donors (Lipinski definition) is 2. The van der Waals surface area contributed by atoms with Crippen LogP contribution in [0, 0.1) is 5.92 Å². The highest BCUT2D eigenvalue weighted by Crippen LogP contribution is 2.13. The first-order valence-corrected chi connectivity index (χ1v) is 5.97. The summed E-state index contributed by atoms with van der Waals surface area (Å²) in [6.45, 7) is 3.19. The number of aliphatic hydroxyl groups is 1. The predicted molar refractivity (Wildman–Crippen MR) is 65.6 cm³/mol. The molecule has 0 saturated heterocycles. The second-order valence-corrected chi connectivity index (χ2v) is 4.10. The van der Waals surface area contributed by atoms with Crippen molar-refractivity contribution in [2.45, 2.75) is 26.2 Å². The van der Waals surface area contributed by atoms with Gasteiger partial charge in [0.05, 0.1) is 0 Å². The van der Waals surface area contributed by atoms with Crippen molar-refractivity contribution in [3.63, 3.8) is 0 Å². The van der Waals surface area contributed by atoms with Gasteiger partial charge in [-0.15, -0.1) is 0 Å². The average Bonchev–Trinajstić information content (AvgIpc) is 2.27. The zero-order chi connectivity index (χ0) is 11.8. The molecule has 0 aromatic carbocycles. The molecule has 1 unspecified atom stereocenters. The molecule has 4 nitrogen and oxygen atoms in total. The van der Waals surface area contributed by atoms with Crippen LogP contribution in [0.15, 0.2) is 12.3 Å². The second-order valence-electron chi connectivity index (χ2n) is 3.76. The first-order chi connectivity index (χ1) is 7.76. The van der Waals surface area contributed by atoms with Crippen LogP contribution in [0.4, 0.5) is 5.82 Å². The zero-order valence-corrected chi connectivity index (χ0v) is 10.2. The third-order valence-corrected chi connectivity index (χ3v) is 2.61. The molecule has 90 valence electrons. The number of aromatic nitrogens is 2. The fourth-order valence-electron chi connectivity index (χ4n) is 1.62. The lowest BCUT2D eigenvalue weighted by atomic mass is 10.0. The Labute approximate surface area is 101 Å². The molecule has 1 aromatic rings. The van der Waals surface area contributed by atoms with Gasteiger partial charge in [0.25, 0.3) is 0 Å². The van der Waals surface area contributed by atoms with Gasteiger partial charge in [-0.05, 0) is 36.4 Å². The summed E-state index contributed by atoms with van der Waals surface area (Å²) in [5, 5.41) is 12.4. The van der Waals surface area contributed by atoms with E-state index in [1.54, 1.807) is 12.3 Å². The molecule has 1 aromatic heterocycles. The lowest BCUT2D eigenvalue weighted by Gasteiger charge is -2.15. The lowest BCUT2D eigenvalue weighted by Crippen LogP contribution is -2.16. The van der Waals surface area contributed by atoms with Crippen LogP contribution in [-0.2, 0) is 0 Å². The van der Waals surface area contributed by atoms with Crippen molar-refractivity contribution in [1.29, 1.82) is 0 Å². The highest BCUT2D eigenvalue weighted by Gasteiger charge is 2.07. The molecule has 1 atom stereocenters. The Kier molecular flexibility index (Phi) is 6.11. The van der Waals surface area contributed by atoms with E-state index in [2.05, 4.69) is 22.2 Å². The summed E-state index contributed by atoms with van der Waals surface area (Å²) < 4.78 is 0. The summed E-state index contributed by atoms with van der Waals surface area (Å²) in [6, 6.07) is 1.79. The van der Waals surface area contributed by atoms with Gasteiger partial charge in [-0.1, -0.05) is 13.3 Å². The van der Waals surface area contributed by atoms with Gasteiger partial charge in [-0.3, -0.25) is 0 Å². The van der Waals surface area contributed by atoms with Crippen LogP contribution >= 0.6 is 11.6 Å². The Hall–Kier alpha value is -0.870. The van der Waals surface area contributed by atoms with Crippen molar-refractivity contribution < 1.29 is 5.11 Å². The second kappa shape index (κ2) is 7.41. The molecule has 1 heterocycles. The Morgan fingerprint density at radius 1 is 1.50 bits per heavy atom. The number of hydrogen-bond acceptors (Lipinski definition) is 4. The number of halogens is 1. The Balaban J connectivity index is 2.41. The van der Waals surface area contributed by atoms with E-state index in [-0.39, 0.29) is 11.9 Å². The van der Waals surface area contributed by atoms with Gasteiger partial charge in [0, 0.05) is 19.3 Å². The molecule has 0 aliphatic heterocycles. The van der Waals surface area contributed by atoms with Crippen LogP contribution in [0.5, 0.6) is 0 Å². The van der Waals surface area contributed by atoms with Crippen molar-refractivity contribution in [2.24, 2.45) is 5.92 Å². The van der Waals surface area contributed by atoms with Crippen molar-refractivity contribution >= 4 is 17.4 Å². The van der Waals surface area contributed by atoms with Crippen molar-refractivity contribution in [3.8, 4) is 0 Å². The van der Waals surface area contributed by atoms with Crippen LogP contribution in [0.3, 0.4) is 0 Å². The molecule has 0 saturated carbocycles. The maximum absolute atomic E-state index is 8.93. The van der Waals surface area contributed by atoms with Crippen LogP contribution in [-0.4, -0.2) is 28.2 Å². The minimum absolute atomic E-state index is 0.233. The lowest BCUT2D eigenvalue weighted by molar-refractivity contribution is 0.255. The highest BCUT2D eigenvalue weighted by molar-refractivity contribution is 6.28. The van der Waals surface area contributed by atoms with Crippen molar-refractivity contribution in [1.82, 2.24) is 9.97 Å². The molecule has 1 rings (SSSR count). The van der Waals surface area contributed by atoms with Gasteiger partial charge in [0.2, 0.25) is 5.28 Å². The van der Waals surface area contributed by atoms with Crippen LogP contribution < -0.4 is 5.32 Å². The molecule has 2 N–H and O–H groups in total. The molecule has 0 aliphatic carbocycles. The van der Waals surface area contributed by atoms with E-state index in [0.29, 0.717) is 5.92 Å². The van der Waals surface area contributed by atoms with Gasteiger partial charge < -0.3 is 10.4 Å². The first-order valence-electron chi connectivity index (χ1n) is 5.59. The molecule has 0 radical (unpaired) electrons. The molecule has 0 bridgehead atoms. The van der Waals surface area contributed by atoms with Gasteiger partial charge in [0.15, 0.2) is 0 Å². The summed E-state index contributed by atoms with van der Waals surface area (Å²) >= 11 is 5.68. The summed E-state index contributed by atoms with van der Waals surface area (Å²) in [4.78, 5) is 7.86. The van der Waals surface area contributed by atoms with Gasteiger partial charge >= 0.3 is 0 Å². The fraction of sp³-hybridized carbons (Fsp3) is 0.636. The molecule has 16 heavy (non-hydrogen) atoms. The van der Waals surface area contributed by atoms with E-state index in [1.165, 1.54) is 0 Å². The SMILES string of the molecule is CCCC(CCO)CNc1ccnc(Cl)n1. The third kappa shape index (κ3) is 4.77. The van der Waals surface area contributed by atoms with Gasteiger partial charge in [-0.2, -0.15) is 0 Å².